The van der Waals surface area contributed by atoms with Crippen LogP contribution in [0.4, 0.5) is 10.6 Å². The average Bonchev–Trinajstić information content (AvgIpc) is 2.40. The average molecular weight is 308 g/mol. The molecule has 1 heterocycles. The van der Waals surface area contributed by atoms with E-state index >= 15 is 0 Å². The summed E-state index contributed by atoms with van der Waals surface area (Å²) < 4.78 is 5.64. The van der Waals surface area contributed by atoms with Gasteiger partial charge in [-0.05, 0) is 33.6 Å². The Bertz CT molecular complexity index is 517. The summed E-state index contributed by atoms with van der Waals surface area (Å²) in [6.07, 6.45) is -0.560. The number of ether oxygens (including phenoxy) is 1. The van der Waals surface area contributed by atoms with Crippen molar-refractivity contribution in [2.45, 2.75) is 6.61 Å². The molecular formula is C12H10BrN3O2. The summed E-state index contributed by atoms with van der Waals surface area (Å²) in [5.74, 6) is 0.344. The van der Waals surface area contributed by atoms with Crippen molar-refractivity contribution in [3.63, 3.8) is 0 Å². The molecular weight excluding hydrogens is 298 g/mol. The largest absolute Gasteiger partial charge is 0.444 e. The molecule has 0 saturated carbocycles. The van der Waals surface area contributed by atoms with E-state index in [0.717, 1.165) is 5.56 Å². The van der Waals surface area contributed by atoms with Crippen LogP contribution in [0.5, 0.6) is 0 Å². The second kappa shape index (κ2) is 6.11. The predicted molar refractivity (Wildman–Crippen MR) is 70.0 cm³/mol. The van der Waals surface area contributed by atoms with Crippen LogP contribution in [-0.2, 0) is 11.3 Å². The van der Waals surface area contributed by atoms with Gasteiger partial charge in [-0.25, -0.2) is 4.79 Å². The number of halogens is 1. The fourth-order valence-electron chi connectivity index (χ4n) is 1.25. The molecule has 0 radical (unpaired) electrons. The SMILES string of the molecule is O=C(Nc1ccc(Br)nn1)OCc1ccccc1. The Morgan fingerprint density at radius 3 is 2.61 bits per heavy atom. The van der Waals surface area contributed by atoms with Crippen LogP contribution in [0.25, 0.3) is 0 Å². The third-order valence-corrected chi connectivity index (χ3v) is 2.50. The Hall–Kier alpha value is -1.95. The molecule has 0 atom stereocenters. The number of hydrogen-bond donors (Lipinski definition) is 1. The number of rotatable bonds is 3. The van der Waals surface area contributed by atoms with E-state index in [1.165, 1.54) is 0 Å². The van der Waals surface area contributed by atoms with Crippen molar-refractivity contribution in [2.75, 3.05) is 5.32 Å². The highest BCUT2D eigenvalue weighted by Crippen LogP contribution is 2.08. The van der Waals surface area contributed by atoms with Crippen LogP contribution in [0.1, 0.15) is 5.56 Å². The molecule has 0 aliphatic rings. The monoisotopic (exact) mass is 307 g/mol. The Morgan fingerprint density at radius 1 is 1.17 bits per heavy atom. The molecule has 1 aromatic heterocycles. The summed E-state index contributed by atoms with van der Waals surface area (Å²) in [5, 5.41) is 10.00. The minimum Gasteiger partial charge on any atom is -0.444 e. The minimum absolute atomic E-state index is 0.219. The maximum atomic E-state index is 11.5. The van der Waals surface area contributed by atoms with Gasteiger partial charge in [-0.3, -0.25) is 5.32 Å². The lowest BCUT2D eigenvalue weighted by atomic mass is 10.2. The molecule has 1 N–H and O–H groups in total. The first-order chi connectivity index (χ1) is 8.74. The lowest BCUT2D eigenvalue weighted by Crippen LogP contribution is -2.14. The molecule has 0 aliphatic heterocycles. The van der Waals surface area contributed by atoms with Gasteiger partial charge in [-0.1, -0.05) is 30.3 Å². The third-order valence-electron chi connectivity index (χ3n) is 2.07. The first-order valence-corrected chi connectivity index (χ1v) is 6.00. The Kier molecular flexibility index (Phi) is 4.25. The first kappa shape index (κ1) is 12.5. The van der Waals surface area contributed by atoms with Crippen LogP contribution in [0.2, 0.25) is 0 Å². The van der Waals surface area contributed by atoms with E-state index in [0.29, 0.717) is 10.4 Å². The molecule has 92 valence electrons. The molecule has 0 fully saturated rings. The summed E-state index contributed by atoms with van der Waals surface area (Å²) in [7, 11) is 0. The zero-order chi connectivity index (χ0) is 12.8. The number of nitrogens with one attached hydrogen (secondary N) is 1. The molecule has 18 heavy (non-hydrogen) atoms. The van der Waals surface area contributed by atoms with Crippen molar-refractivity contribution < 1.29 is 9.53 Å². The quantitative estimate of drug-likeness (QED) is 0.946. The van der Waals surface area contributed by atoms with Gasteiger partial charge in [0.25, 0.3) is 0 Å². The molecule has 5 nitrogen and oxygen atoms in total. The number of hydrogen-bond acceptors (Lipinski definition) is 4. The third kappa shape index (κ3) is 3.81. The van der Waals surface area contributed by atoms with Crippen LogP contribution in [0, 0.1) is 0 Å². The van der Waals surface area contributed by atoms with Gasteiger partial charge in [0.2, 0.25) is 0 Å². The minimum atomic E-state index is -0.560. The van der Waals surface area contributed by atoms with E-state index < -0.39 is 6.09 Å². The molecule has 2 rings (SSSR count). The second-order valence-corrected chi connectivity index (χ2v) is 4.24. The van der Waals surface area contributed by atoms with Gasteiger partial charge in [0.15, 0.2) is 5.82 Å². The van der Waals surface area contributed by atoms with E-state index in [2.05, 4.69) is 31.4 Å². The van der Waals surface area contributed by atoms with Gasteiger partial charge in [-0.2, -0.15) is 0 Å². The van der Waals surface area contributed by atoms with E-state index in [4.69, 9.17) is 4.74 Å². The number of aromatic nitrogens is 2. The molecule has 0 bridgehead atoms. The summed E-state index contributed by atoms with van der Waals surface area (Å²) in [4.78, 5) is 11.5. The van der Waals surface area contributed by atoms with Gasteiger partial charge in [0.05, 0.1) is 0 Å². The van der Waals surface area contributed by atoms with Gasteiger partial charge >= 0.3 is 6.09 Å². The van der Waals surface area contributed by atoms with Gasteiger partial charge in [-0.15, -0.1) is 10.2 Å². The summed E-state index contributed by atoms with van der Waals surface area (Å²) in [6, 6.07) is 12.7. The number of carbonyl (C=O) groups is 1. The maximum absolute atomic E-state index is 11.5. The number of nitrogens with zero attached hydrogens (tertiary/aromatic N) is 2. The van der Waals surface area contributed by atoms with Crippen LogP contribution in [0.15, 0.2) is 47.1 Å². The highest BCUT2D eigenvalue weighted by atomic mass is 79.9. The van der Waals surface area contributed by atoms with Crippen LogP contribution in [0.3, 0.4) is 0 Å². The highest BCUT2D eigenvalue weighted by Gasteiger charge is 2.04. The number of amides is 1. The standard InChI is InChI=1S/C12H10BrN3O2/c13-10-6-7-11(16-15-10)14-12(17)18-8-9-4-2-1-3-5-9/h1-7H,8H2,(H,14,16,17). The van der Waals surface area contributed by atoms with Gasteiger partial charge in [0.1, 0.15) is 11.2 Å². The van der Waals surface area contributed by atoms with Gasteiger partial charge < -0.3 is 4.74 Å². The van der Waals surface area contributed by atoms with Crippen molar-refractivity contribution in [1.82, 2.24) is 10.2 Å². The lowest BCUT2D eigenvalue weighted by molar-refractivity contribution is 0.155. The lowest BCUT2D eigenvalue weighted by Gasteiger charge is -2.05. The second-order valence-electron chi connectivity index (χ2n) is 3.43. The van der Waals surface area contributed by atoms with E-state index in [9.17, 15) is 4.79 Å². The molecule has 0 aliphatic carbocycles. The number of anilines is 1. The molecule has 1 amide bonds. The van der Waals surface area contributed by atoms with E-state index in [1.54, 1.807) is 12.1 Å². The smallest absolute Gasteiger partial charge is 0.413 e. The molecule has 2 aromatic rings. The zero-order valence-corrected chi connectivity index (χ0v) is 10.9. The van der Waals surface area contributed by atoms with Crippen molar-refractivity contribution in [3.05, 3.63) is 52.6 Å². The summed E-state index contributed by atoms with van der Waals surface area (Å²) in [5.41, 5.74) is 0.926. The Balaban J connectivity index is 1.84. The van der Waals surface area contributed by atoms with Gasteiger partial charge in [0, 0.05) is 0 Å². The van der Waals surface area contributed by atoms with Crippen molar-refractivity contribution in [3.8, 4) is 0 Å². The predicted octanol–water partition coefficient (Wildman–Crippen LogP) is 2.99. The number of carbonyl (C=O) groups excluding carboxylic acids is 1. The molecule has 0 spiro atoms. The van der Waals surface area contributed by atoms with E-state index in [-0.39, 0.29) is 6.61 Å². The molecule has 0 saturated heterocycles. The van der Waals surface area contributed by atoms with Crippen molar-refractivity contribution in [1.29, 1.82) is 0 Å². The fraction of sp³-hybridized carbons (Fsp3) is 0.0833. The van der Waals surface area contributed by atoms with E-state index in [1.807, 2.05) is 30.3 Å². The normalized spacial score (nSPS) is 9.83. The summed E-state index contributed by atoms with van der Waals surface area (Å²) >= 11 is 3.16. The molecule has 6 heteroatoms. The van der Waals surface area contributed by atoms with Crippen molar-refractivity contribution in [2.24, 2.45) is 0 Å². The van der Waals surface area contributed by atoms with Crippen LogP contribution >= 0.6 is 15.9 Å². The van der Waals surface area contributed by atoms with Crippen LogP contribution < -0.4 is 5.32 Å². The fourth-order valence-corrected chi connectivity index (χ4v) is 1.46. The maximum Gasteiger partial charge on any atom is 0.413 e. The zero-order valence-electron chi connectivity index (χ0n) is 9.34. The summed E-state index contributed by atoms with van der Waals surface area (Å²) in [6.45, 7) is 0.219. The Labute approximate surface area is 112 Å². The molecule has 0 unspecified atom stereocenters. The first-order valence-electron chi connectivity index (χ1n) is 5.21. The Morgan fingerprint density at radius 2 is 1.94 bits per heavy atom. The highest BCUT2D eigenvalue weighted by molar-refractivity contribution is 9.10. The van der Waals surface area contributed by atoms with Crippen LogP contribution in [-0.4, -0.2) is 16.3 Å². The molecule has 1 aromatic carbocycles. The van der Waals surface area contributed by atoms with Crippen molar-refractivity contribution >= 4 is 27.8 Å². The number of benzene rings is 1. The topological polar surface area (TPSA) is 64.1 Å².